The summed E-state index contributed by atoms with van der Waals surface area (Å²) in [5, 5.41) is 2.68. The molecule has 0 radical (unpaired) electrons. The predicted molar refractivity (Wildman–Crippen MR) is 105 cm³/mol. The predicted octanol–water partition coefficient (Wildman–Crippen LogP) is 3.59. The van der Waals surface area contributed by atoms with Crippen molar-refractivity contribution in [2.45, 2.75) is 38.1 Å². The van der Waals surface area contributed by atoms with Gasteiger partial charge in [0, 0.05) is 24.6 Å². The maximum atomic E-state index is 12.7. The highest BCUT2D eigenvalue weighted by atomic mass is 16.3. The van der Waals surface area contributed by atoms with Crippen molar-refractivity contribution in [3.05, 3.63) is 66.1 Å². The zero-order valence-electron chi connectivity index (χ0n) is 15.6. The Morgan fingerprint density at radius 2 is 2.07 bits per heavy atom. The standard InChI is InChI=1S/C22H26N2O3/c1-2-19(17-8-4-3-5-9-17)20-11-6-14-24(20)22(26)16-23-21(25)13-12-18-10-7-15-27-18/h3-5,7-10,12-13,15,19-20H,2,6,11,14,16H2,1H3,(H,23,25)/b13-12-/t19-,20+/m1/s1. The number of carbonyl (C=O) groups is 2. The lowest BCUT2D eigenvalue weighted by atomic mass is 9.87. The number of carbonyl (C=O) groups excluding carboxylic acids is 2. The molecule has 0 unspecified atom stereocenters. The Morgan fingerprint density at radius 3 is 2.78 bits per heavy atom. The van der Waals surface area contributed by atoms with Crippen LogP contribution in [-0.2, 0) is 9.59 Å². The number of nitrogens with zero attached hydrogens (tertiary/aromatic N) is 1. The zero-order valence-corrected chi connectivity index (χ0v) is 15.6. The van der Waals surface area contributed by atoms with Gasteiger partial charge in [-0.05, 0) is 43.0 Å². The zero-order chi connectivity index (χ0) is 19.1. The smallest absolute Gasteiger partial charge is 0.244 e. The van der Waals surface area contributed by atoms with Gasteiger partial charge in [-0.15, -0.1) is 0 Å². The molecule has 0 spiro atoms. The molecule has 1 N–H and O–H groups in total. The molecule has 1 aliphatic rings. The Hall–Kier alpha value is -2.82. The van der Waals surface area contributed by atoms with Crippen molar-refractivity contribution in [2.75, 3.05) is 13.1 Å². The summed E-state index contributed by atoms with van der Waals surface area (Å²) in [6.45, 7) is 2.94. The maximum Gasteiger partial charge on any atom is 0.244 e. The van der Waals surface area contributed by atoms with E-state index >= 15 is 0 Å². The van der Waals surface area contributed by atoms with Crippen LogP contribution in [0.4, 0.5) is 0 Å². The Balaban J connectivity index is 1.57. The fourth-order valence-electron chi connectivity index (χ4n) is 3.82. The first kappa shape index (κ1) is 19.0. The first-order chi connectivity index (χ1) is 13.2. The van der Waals surface area contributed by atoms with E-state index in [2.05, 4.69) is 24.4 Å². The summed E-state index contributed by atoms with van der Waals surface area (Å²) >= 11 is 0. The number of benzene rings is 1. The maximum absolute atomic E-state index is 12.7. The highest BCUT2D eigenvalue weighted by molar-refractivity contribution is 5.94. The molecule has 1 aromatic carbocycles. The molecule has 0 aliphatic carbocycles. The molecule has 0 saturated carbocycles. The number of furan rings is 1. The van der Waals surface area contributed by atoms with Crippen molar-refractivity contribution in [1.29, 1.82) is 0 Å². The summed E-state index contributed by atoms with van der Waals surface area (Å²) in [6.07, 6.45) is 7.51. The Kier molecular flexibility index (Phi) is 6.47. The lowest BCUT2D eigenvalue weighted by Crippen LogP contribution is -2.44. The number of amides is 2. The molecular weight excluding hydrogens is 340 g/mol. The van der Waals surface area contributed by atoms with Crippen molar-refractivity contribution in [3.63, 3.8) is 0 Å². The molecule has 0 bridgehead atoms. The third-order valence-corrected chi connectivity index (χ3v) is 5.11. The van der Waals surface area contributed by atoms with Crippen LogP contribution in [-0.4, -0.2) is 35.8 Å². The fourth-order valence-corrected chi connectivity index (χ4v) is 3.82. The molecule has 2 aromatic rings. The van der Waals surface area contributed by atoms with E-state index in [0.717, 1.165) is 25.8 Å². The highest BCUT2D eigenvalue weighted by Gasteiger charge is 2.34. The van der Waals surface area contributed by atoms with Gasteiger partial charge < -0.3 is 14.6 Å². The van der Waals surface area contributed by atoms with Crippen LogP contribution in [0, 0.1) is 0 Å². The Morgan fingerprint density at radius 1 is 1.26 bits per heavy atom. The first-order valence-electron chi connectivity index (χ1n) is 9.53. The van der Waals surface area contributed by atoms with Gasteiger partial charge >= 0.3 is 0 Å². The molecule has 1 fully saturated rings. The van der Waals surface area contributed by atoms with E-state index in [0.29, 0.717) is 11.7 Å². The van der Waals surface area contributed by atoms with Crippen molar-refractivity contribution in [1.82, 2.24) is 10.2 Å². The SMILES string of the molecule is CC[C@H](c1ccccc1)[C@@H]1CCCN1C(=O)CNC(=O)/C=C\c1ccco1. The van der Waals surface area contributed by atoms with Crippen molar-refractivity contribution in [3.8, 4) is 0 Å². The molecule has 27 heavy (non-hydrogen) atoms. The summed E-state index contributed by atoms with van der Waals surface area (Å²) in [4.78, 5) is 26.6. The number of hydrogen-bond acceptors (Lipinski definition) is 3. The number of nitrogens with one attached hydrogen (secondary N) is 1. The molecule has 1 aromatic heterocycles. The van der Waals surface area contributed by atoms with Crippen LogP contribution < -0.4 is 5.32 Å². The summed E-state index contributed by atoms with van der Waals surface area (Å²) < 4.78 is 5.14. The lowest BCUT2D eigenvalue weighted by Gasteiger charge is -2.31. The van der Waals surface area contributed by atoms with Gasteiger partial charge in [0.2, 0.25) is 11.8 Å². The van der Waals surface area contributed by atoms with Crippen LogP contribution in [0.2, 0.25) is 0 Å². The Labute approximate surface area is 160 Å². The van der Waals surface area contributed by atoms with E-state index in [9.17, 15) is 9.59 Å². The van der Waals surface area contributed by atoms with Gasteiger partial charge in [-0.2, -0.15) is 0 Å². The van der Waals surface area contributed by atoms with Gasteiger partial charge in [0.15, 0.2) is 0 Å². The summed E-state index contributed by atoms with van der Waals surface area (Å²) in [7, 11) is 0. The van der Waals surface area contributed by atoms with Crippen LogP contribution >= 0.6 is 0 Å². The molecule has 2 heterocycles. The van der Waals surface area contributed by atoms with Gasteiger partial charge in [-0.3, -0.25) is 9.59 Å². The molecule has 1 aliphatic heterocycles. The van der Waals surface area contributed by atoms with Crippen molar-refractivity contribution >= 4 is 17.9 Å². The van der Waals surface area contributed by atoms with E-state index in [1.807, 2.05) is 23.1 Å². The average molecular weight is 366 g/mol. The van der Waals surface area contributed by atoms with Gasteiger partial charge in [0.25, 0.3) is 0 Å². The summed E-state index contributed by atoms with van der Waals surface area (Å²) in [6, 6.07) is 14.1. The minimum Gasteiger partial charge on any atom is -0.465 e. The first-order valence-corrected chi connectivity index (χ1v) is 9.53. The fraction of sp³-hybridized carbons (Fsp3) is 0.364. The minimum absolute atomic E-state index is 0.0169. The van der Waals surface area contributed by atoms with E-state index in [1.165, 1.54) is 11.6 Å². The molecule has 3 rings (SSSR count). The third-order valence-electron chi connectivity index (χ3n) is 5.11. The minimum atomic E-state index is -0.300. The van der Waals surface area contributed by atoms with E-state index in [1.54, 1.807) is 24.5 Å². The second-order valence-electron chi connectivity index (χ2n) is 6.79. The number of rotatable bonds is 7. The summed E-state index contributed by atoms with van der Waals surface area (Å²) in [5.41, 5.74) is 1.27. The van der Waals surface area contributed by atoms with Gasteiger partial charge in [-0.25, -0.2) is 0 Å². The summed E-state index contributed by atoms with van der Waals surface area (Å²) in [5.74, 6) is 0.606. The van der Waals surface area contributed by atoms with Crippen LogP contribution in [0.3, 0.4) is 0 Å². The third kappa shape index (κ3) is 4.88. The number of hydrogen-bond donors (Lipinski definition) is 1. The molecule has 5 heteroatoms. The van der Waals surface area contributed by atoms with Crippen molar-refractivity contribution in [2.24, 2.45) is 0 Å². The molecule has 2 atom stereocenters. The monoisotopic (exact) mass is 366 g/mol. The van der Waals surface area contributed by atoms with Gasteiger partial charge in [-0.1, -0.05) is 37.3 Å². The largest absolute Gasteiger partial charge is 0.465 e. The van der Waals surface area contributed by atoms with Gasteiger partial charge in [0.05, 0.1) is 12.8 Å². The lowest BCUT2D eigenvalue weighted by molar-refractivity contribution is -0.133. The van der Waals surface area contributed by atoms with E-state index in [4.69, 9.17) is 4.42 Å². The molecular formula is C22H26N2O3. The highest BCUT2D eigenvalue weighted by Crippen LogP contribution is 2.33. The van der Waals surface area contributed by atoms with Crippen LogP contribution in [0.5, 0.6) is 0 Å². The number of likely N-dealkylation sites (tertiary alicyclic amines) is 1. The van der Waals surface area contributed by atoms with Crippen LogP contribution in [0.25, 0.3) is 6.08 Å². The molecule has 5 nitrogen and oxygen atoms in total. The normalized spacial score (nSPS) is 18.0. The molecule has 2 amide bonds. The second kappa shape index (κ2) is 9.21. The quantitative estimate of drug-likeness (QED) is 0.762. The molecule has 1 saturated heterocycles. The van der Waals surface area contributed by atoms with Gasteiger partial charge in [0.1, 0.15) is 5.76 Å². The second-order valence-corrected chi connectivity index (χ2v) is 6.79. The topological polar surface area (TPSA) is 62.6 Å². The van der Waals surface area contributed by atoms with Crippen molar-refractivity contribution < 1.29 is 14.0 Å². The van der Waals surface area contributed by atoms with Crippen LogP contribution in [0.15, 0.2) is 59.2 Å². The average Bonchev–Trinajstić information content (AvgIpc) is 3.38. The Bertz CT molecular complexity index is 768. The van der Waals surface area contributed by atoms with E-state index < -0.39 is 0 Å². The van der Waals surface area contributed by atoms with Crippen LogP contribution in [0.1, 0.15) is 43.4 Å². The molecule has 142 valence electrons. The van der Waals surface area contributed by atoms with E-state index in [-0.39, 0.29) is 24.4 Å².